The molecule has 0 aromatic heterocycles. The van der Waals surface area contributed by atoms with Gasteiger partial charge in [-0.15, -0.1) is 0 Å². The van der Waals surface area contributed by atoms with Crippen molar-refractivity contribution in [2.75, 3.05) is 0 Å². The van der Waals surface area contributed by atoms with Gasteiger partial charge in [0.05, 0.1) is 12.7 Å². The highest BCUT2D eigenvalue weighted by Crippen LogP contribution is 2.38. The molecule has 0 spiro atoms. The summed E-state index contributed by atoms with van der Waals surface area (Å²) in [5, 5.41) is 13.5. The Hall–Kier alpha value is -3.52. The van der Waals surface area contributed by atoms with Gasteiger partial charge in [-0.05, 0) is 63.5 Å². The number of rotatable bonds is 11. The Morgan fingerprint density at radius 1 is 0.786 bits per heavy atom. The highest BCUT2D eigenvalue weighted by molar-refractivity contribution is 6.99. The summed E-state index contributed by atoms with van der Waals surface area (Å²) in [4.78, 5) is 0. The second-order valence-corrected chi connectivity index (χ2v) is 16.2. The summed E-state index contributed by atoms with van der Waals surface area (Å²) < 4.78 is 43.5. The number of hydrogen-bond donors (Lipinski definition) is 1. The van der Waals surface area contributed by atoms with Gasteiger partial charge in [0, 0.05) is 0 Å². The topological polar surface area (TPSA) is 47.9 Å². The highest BCUT2D eigenvalue weighted by atomic mass is 28.4. The summed E-state index contributed by atoms with van der Waals surface area (Å²) in [7, 11) is -2.68. The first kappa shape index (κ1) is 30.0. The van der Waals surface area contributed by atoms with Crippen LogP contribution in [0.25, 0.3) is 0 Å². The van der Waals surface area contributed by atoms with Crippen molar-refractivity contribution in [3.05, 3.63) is 120 Å². The van der Waals surface area contributed by atoms with Gasteiger partial charge in [-0.1, -0.05) is 112 Å². The van der Waals surface area contributed by atoms with Crippen molar-refractivity contribution in [3.8, 4) is 11.5 Å². The predicted molar refractivity (Wildman–Crippen MR) is 164 cm³/mol. The van der Waals surface area contributed by atoms with Gasteiger partial charge in [-0.2, -0.15) is 8.78 Å². The third-order valence-corrected chi connectivity index (χ3v) is 13.0. The fraction of sp³-hybridized carbons (Fsp3) is 0.314. The minimum atomic E-state index is -2.96. The van der Waals surface area contributed by atoms with Gasteiger partial charge in [-0.25, -0.2) is 0 Å². The van der Waals surface area contributed by atoms with Crippen LogP contribution < -0.4 is 19.8 Å². The summed E-state index contributed by atoms with van der Waals surface area (Å²) in [6, 6.07) is 33.3. The molecule has 1 unspecified atom stereocenters. The summed E-state index contributed by atoms with van der Waals surface area (Å²) in [6.45, 7) is 4.21. The fourth-order valence-corrected chi connectivity index (χ4v) is 10.1. The lowest BCUT2D eigenvalue weighted by atomic mass is 9.96. The van der Waals surface area contributed by atoms with Crippen LogP contribution in [0.3, 0.4) is 0 Å². The Balaban J connectivity index is 1.37. The van der Waals surface area contributed by atoms with Crippen LogP contribution in [0.5, 0.6) is 11.5 Å². The van der Waals surface area contributed by atoms with E-state index in [9.17, 15) is 13.9 Å². The van der Waals surface area contributed by atoms with Gasteiger partial charge in [-0.3, -0.25) is 0 Å². The van der Waals surface area contributed by atoms with Crippen molar-refractivity contribution in [1.29, 1.82) is 0 Å². The third kappa shape index (κ3) is 6.43. The molecule has 0 radical (unpaired) electrons. The molecule has 0 saturated heterocycles. The zero-order valence-electron chi connectivity index (χ0n) is 24.3. The molecule has 5 rings (SSSR count). The van der Waals surface area contributed by atoms with Crippen molar-refractivity contribution in [2.45, 2.75) is 70.5 Å². The molecule has 4 aromatic rings. The van der Waals surface area contributed by atoms with Crippen molar-refractivity contribution in [2.24, 2.45) is 0 Å². The van der Waals surface area contributed by atoms with E-state index >= 15 is 0 Å². The molecule has 42 heavy (non-hydrogen) atoms. The Bertz CT molecular complexity index is 1400. The quantitative estimate of drug-likeness (QED) is 0.186. The van der Waals surface area contributed by atoms with Crippen molar-refractivity contribution in [3.63, 3.8) is 0 Å². The lowest BCUT2D eigenvalue weighted by molar-refractivity contribution is -0.0527. The largest absolute Gasteiger partial charge is 0.487 e. The van der Waals surface area contributed by atoms with E-state index in [0.29, 0.717) is 17.7 Å². The van der Waals surface area contributed by atoms with Gasteiger partial charge in [0.1, 0.15) is 6.10 Å². The van der Waals surface area contributed by atoms with Crippen LogP contribution in [0.1, 0.15) is 62.8 Å². The number of hydrogen-bond acceptors (Lipinski definition) is 4. The van der Waals surface area contributed by atoms with Crippen LogP contribution >= 0.6 is 0 Å². The molecular formula is C35H38F2O4Si. The van der Waals surface area contributed by atoms with E-state index in [-0.39, 0.29) is 22.6 Å². The lowest BCUT2D eigenvalue weighted by Gasteiger charge is -2.43. The zero-order valence-corrected chi connectivity index (χ0v) is 25.3. The minimum Gasteiger partial charge on any atom is -0.487 e. The van der Waals surface area contributed by atoms with Crippen LogP contribution in [-0.2, 0) is 11.0 Å². The van der Waals surface area contributed by atoms with E-state index in [4.69, 9.17) is 9.16 Å². The van der Waals surface area contributed by atoms with E-state index in [1.54, 1.807) is 12.1 Å². The third-order valence-electron chi connectivity index (χ3n) is 8.01. The Labute approximate surface area is 248 Å². The molecule has 1 N–H and O–H groups in total. The maximum Gasteiger partial charge on any atom is 0.387 e. The van der Waals surface area contributed by atoms with Crippen LogP contribution in [0.15, 0.2) is 103 Å². The molecule has 0 aliphatic heterocycles. The first-order valence-corrected chi connectivity index (χ1v) is 16.4. The number of aliphatic hydroxyl groups is 1. The standard InChI is InChI=1S/C35H38F2O4Si/c1-35(2,3)42(29-13-6-4-7-14-29,30-15-8-5-9-16-30)39-24-25-17-19-26(20-18-25)33(38)27-21-22-31(41-34(36)37)32(23-27)40-28-11-10-12-28/h4-9,13-23,28,33-34,38H,10-12,24H2,1-3H3. The fourth-order valence-electron chi connectivity index (χ4n) is 5.59. The number of alkyl halides is 2. The van der Waals surface area contributed by atoms with Crippen molar-refractivity contribution >= 4 is 18.7 Å². The molecule has 220 valence electrons. The second kappa shape index (κ2) is 12.8. The van der Waals surface area contributed by atoms with Gasteiger partial charge in [0.2, 0.25) is 0 Å². The molecule has 1 atom stereocenters. The summed E-state index contributed by atoms with van der Waals surface area (Å²) in [5.74, 6) is 0.204. The second-order valence-electron chi connectivity index (χ2n) is 11.9. The average molecular weight is 589 g/mol. The van der Waals surface area contributed by atoms with Gasteiger partial charge < -0.3 is 19.0 Å². The normalized spacial score (nSPS) is 14.8. The first-order valence-electron chi connectivity index (χ1n) is 14.4. The van der Waals surface area contributed by atoms with Crippen molar-refractivity contribution in [1.82, 2.24) is 0 Å². The van der Waals surface area contributed by atoms with Gasteiger partial charge in [0.15, 0.2) is 11.5 Å². The van der Waals surface area contributed by atoms with E-state index in [2.05, 4.69) is 74.0 Å². The van der Waals surface area contributed by atoms with Gasteiger partial charge in [0.25, 0.3) is 8.32 Å². The number of aliphatic hydroxyl groups excluding tert-OH is 1. The smallest absolute Gasteiger partial charge is 0.387 e. The van der Waals surface area contributed by atoms with Crippen molar-refractivity contribution < 1.29 is 27.8 Å². The molecular weight excluding hydrogens is 550 g/mol. The summed E-state index contributed by atoms with van der Waals surface area (Å²) in [5.41, 5.74) is 2.22. The maximum atomic E-state index is 13.0. The zero-order chi connectivity index (χ0) is 29.7. The molecule has 0 heterocycles. The van der Waals surface area contributed by atoms with E-state index < -0.39 is 21.0 Å². The maximum absolute atomic E-state index is 13.0. The molecule has 7 heteroatoms. The van der Waals surface area contributed by atoms with E-state index in [0.717, 1.165) is 24.8 Å². The highest BCUT2D eigenvalue weighted by Gasteiger charge is 2.50. The Morgan fingerprint density at radius 3 is 1.86 bits per heavy atom. The van der Waals surface area contributed by atoms with Gasteiger partial charge >= 0.3 is 6.61 Å². The molecule has 0 amide bonds. The number of halogens is 2. The molecule has 1 fully saturated rings. The predicted octanol–water partition coefficient (Wildman–Crippen LogP) is 7.38. The number of ether oxygens (including phenoxy) is 2. The molecule has 1 aliphatic carbocycles. The van der Waals surface area contributed by atoms with Crippen LogP contribution in [0, 0.1) is 0 Å². The first-order chi connectivity index (χ1) is 20.2. The Morgan fingerprint density at radius 2 is 1.36 bits per heavy atom. The number of benzene rings is 4. The van der Waals surface area contributed by atoms with E-state index in [1.165, 1.54) is 16.4 Å². The SMILES string of the molecule is CC(C)(C)[Si](OCc1ccc(C(O)c2ccc(OC(F)F)c(OC3CCC3)c2)cc1)(c1ccccc1)c1ccccc1. The molecule has 1 saturated carbocycles. The van der Waals surface area contributed by atoms with Crippen LogP contribution in [0.2, 0.25) is 5.04 Å². The lowest BCUT2D eigenvalue weighted by Crippen LogP contribution is -2.66. The molecule has 1 aliphatic rings. The molecule has 4 nitrogen and oxygen atoms in total. The minimum absolute atomic E-state index is 0.0211. The average Bonchev–Trinajstić information content (AvgIpc) is 2.96. The molecule has 4 aromatic carbocycles. The van der Waals surface area contributed by atoms with Crippen LogP contribution in [-0.4, -0.2) is 26.1 Å². The monoisotopic (exact) mass is 588 g/mol. The van der Waals surface area contributed by atoms with E-state index in [1.807, 2.05) is 36.4 Å². The molecule has 0 bridgehead atoms. The Kier molecular flexibility index (Phi) is 9.11. The van der Waals surface area contributed by atoms with Crippen LogP contribution in [0.4, 0.5) is 8.78 Å². The summed E-state index contributed by atoms with van der Waals surface area (Å²) in [6.07, 6.45) is 1.81. The summed E-state index contributed by atoms with van der Waals surface area (Å²) >= 11 is 0.